The summed E-state index contributed by atoms with van der Waals surface area (Å²) in [5, 5.41) is 30.5. The summed E-state index contributed by atoms with van der Waals surface area (Å²) < 4.78 is 18.2. The Labute approximate surface area is 169 Å². The molecule has 3 rings (SSSR count). The van der Waals surface area contributed by atoms with Crippen molar-refractivity contribution in [3.8, 4) is 0 Å². The minimum atomic E-state index is -0.378. The molecule has 0 amide bonds. The summed E-state index contributed by atoms with van der Waals surface area (Å²) in [6, 6.07) is 0. The van der Waals surface area contributed by atoms with Gasteiger partial charge in [0.05, 0.1) is 56.4 Å². The van der Waals surface area contributed by atoms with Crippen LogP contribution in [0.15, 0.2) is 0 Å². The number of ether oxygens (including phenoxy) is 3. The van der Waals surface area contributed by atoms with E-state index < -0.39 is 0 Å². The maximum atomic E-state index is 10.2. The lowest BCUT2D eigenvalue weighted by Gasteiger charge is -2.33. The van der Waals surface area contributed by atoms with Crippen LogP contribution >= 0.6 is 0 Å². The molecule has 0 aromatic heterocycles. The Hall–Kier alpha value is -0.240. The third-order valence-corrected chi connectivity index (χ3v) is 6.64. The van der Waals surface area contributed by atoms with E-state index in [9.17, 15) is 15.3 Å². The molecule has 3 saturated carbocycles. The predicted molar refractivity (Wildman–Crippen MR) is 106 cm³/mol. The van der Waals surface area contributed by atoms with Crippen LogP contribution in [0.2, 0.25) is 0 Å². The van der Waals surface area contributed by atoms with Crippen molar-refractivity contribution in [3.63, 3.8) is 0 Å². The topological polar surface area (TPSA) is 88.4 Å². The van der Waals surface area contributed by atoms with Crippen LogP contribution in [0.3, 0.4) is 0 Å². The minimum absolute atomic E-state index is 0.0392. The number of hydrogen-bond donors (Lipinski definition) is 3. The van der Waals surface area contributed by atoms with Crippen LogP contribution in [0.25, 0.3) is 0 Å². The fraction of sp³-hybridized carbons (Fsp3) is 1.00. The van der Waals surface area contributed by atoms with E-state index in [1.165, 1.54) is 0 Å². The molecule has 6 atom stereocenters. The molecule has 28 heavy (non-hydrogen) atoms. The quantitative estimate of drug-likeness (QED) is 0.551. The highest BCUT2D eigenvalue weighted by atomic mass is 16.5. The van der Waals surface area contributed by atoms with Gasteiger partial charge >= 0.3 is 0 Å². The molecular weight excluding hydrogens is 360 g/mol. The number of rotatable bonds is 9. The largest absolute Gasteiger partial charge is 0.390 e. The number of aliphatic hydroxyl groups is 3. The first-order valence-electron chi connectivity index (χ1n) is 11.5. The van der Waals surface area contributed by atoms with Gasteiger partial charge in [0.15, 0.2) is 0 Å². The fourth-order valence-corrected chi connectivity index (χ4v) is 4.74. The smallest absolute Gasteiger partial charge is 0.0834 e. The van der Waals surface area contributed by atoms with Crippen LogP contribution in [-0.2, 0) is 14.2 Å². The summed E-state index contributed by atoms with van der Waals surface area (Å²) in [7, 11) is 0. The molecule has 6 nitrogen and oxygen atoms in total. The Morgan fingerprint density at radius 1 is 0.500 bits per heavy atom. The Morgan fingerprint density at radius 3 is 1.07 bits per heavy atom. The van der Waals surface area contributed by atoms with E-state index in [4.69, 9.17) is 14.2 Å². The van der Waals surface area contributed by atoms with E-state index in [1.54, 1.807) is 0 Å². The lowest BCUT2D eigenvalue weighted by Crippen LogP contribution is -2.39. The van der Waals surface area contributed by atoms with E-state index >= 15 is 0 Å². The summed E-state index contributed by atoms with van der Waals surface area (Å²) in [6.45, 7) is 1.44. The van der Waals surface area contributed by atoms with Gasteiger partial charge in [-0.1, -0.05) is 38.5 Å². The molecule has 3 aliphatic carbocycles. The van der Waals surface area contributed by atoms with Gasteiger partial charge in [-0.25, -0.2) is 0 Å². The molecule has 6 unspecified atom stereocenters. The first-order valence-corrected chi connectivity index (χ1v) is 11.5. The van der Waals surface area contributed by atoms with Gasteiger partial charge in [0, 0.05) is 5.92 Å². The van der Waals surface area contributed by atoms with Crippen molar-refractivity contribution in [1.82, 2.24) is 0 Å². The lowest BCUT2D eigenvalue weighted by molar-refractivity contribution is -0.125. The van der Waals surface area contributed by atoms with Gasteiger partial charge in [-0.15, -0.1) is 0 Å². The molecule has 0 aromatic carbocycles. The van der Waals surface area contributed by atoms with E-state index in [0.29, 0.717) is 19.8 Å². The van der Waals surface area contributed by atoms with Crippen LogP contribution < -0.4 is 0 Å². The molecule has 0 heterocycles. The standard InChI is InChI=1S/C22H40O6/c23-17-7-1-4-10-20(17)26-13-16(14-27-21-11-5-2-8-18(21)24)15-28-22-12-6-3-9-19(22)25/h16-25H,1-15H2. The van der Waals surface area contributed by atoms with Crippen LogP contribution in [0, 0.1) is 5.92 Å². The Morgan fingerprint density at radius 2 is 0.786 bits per heavy atom. The first kappa shape index (κ1) is 22.4. The third-order valence-electron chi connectivity index (χ3n) is 6.64. The minimum Gasteiger partial charge on any atom is -0.390 e. The van der Waals surface area contributed by atoms with Crippen molar-refractivity contribution in [2.75, 3.05) is 19.8 Å². The Bertz CT molecular complexity index is 371. The zero-order valence-corrected chi connectivity index (χ0v) is 17.2. The number of aliphatic hydroxyl groups excluding tert-OH is 3. The Balaban J connectivity index is 1.48. The van der Waals surface area contributed by atoms with Crippen molar-refractivity contribution >= 4 is 0 Å². The average Bonchev–Trinajstić information content (AvgIpc) is 2.71. The highest BCUT2D eigenvalue weighted by Crippen LogP contribution is 2.25. The molecule has 0 radical (unpaired) electrons. The van der Waals surface area contributed by atoms with Crippen molar-refractivity contribution in [2.45, 2.75) is 114 Å². The van der Waals surface area contributed by atoms with Gasteiger partial charge in [0.25, 0.3) is 0 Å². The van der Waals surface area contributed by atoms with Crippen LogP contribution in [0.5, 0.6) is 0 Å². The maximum Gasteiger partial charge on any atom is 0.0834 e. The second kappa shape index (κ2) is 11.8. The molecule has 6 heteroatoms. The van der Waals surface area contributed by atoms with Gasteiger partial charge in [-0.3, -0.25) is 0 Å². The second-order valence-electron chi connectivity index (χ2n) is 9.04. The molecule has 0 aliphatic heterocycles. The van der Waals surface area contributed by atoms with Crippen molar-refractivity contribution in [1.29, 1.82) is 0 Å². The molecular formula is C22H40O6. The van der Waals surface area contributed by atoms with Crippen LogP contribution in [-0.4, -0.2) is 71.8 Å². The second-order valence-corrected chi connectivity index (χ2v) is 9.04. The molecule has 0 aromatic rings. The SMILES string of the molecule is OC1CCCCC1OCC(COC1CCCCC1O)COC1CCCCC1O. The van der Waals surface area contributed by atoms with Crippen molar-refractivity contribution in [2.24, 2.45) is 5.92 Å². The first-order chi connectivity index (χ1) is 13.6. The highest BCUT2D eigenvalue weighted by molar-refractivity contribution is 4.78. The van der Waals surface area contributed by atoms with Crippen LogP contribution in [0.1, 0.15) is 77.0 Å². The Kier molecular flexibility index (Phi) is 9.47. The summed E-state index contributed by atoms with van der Waals surface area (Å²) in [5.74, 6) is 0.0392. The van der Waals surface area contributed by atoms with E-state index in [1.807, 2.05) is 0 Å². The van der Waals surface area contributed by atoms with Gasteiger partial charge < -0.3 is 29.5 Å². The molecule has 3 aliphatic rings. The van der Waals surface area contributed by atoms with E-state index in [0.717, 1.165) is 77.0 Å². The highest BCUT2D eigenvalue weighted by Gasteiger charge is 2.29. The maximum absolute atomic E-state index is 10.2. The predicted octanol–water partition coefficient (Wildman–Crippen LogP) is 2.56. The zero-order valence-electron chi connectivity index (χ0n) is 17.2. The summed E-state index contributed by atoms with van der Waals surface area (Å²) >= 11 is 0. The molecule has 164 valence electrons. The summed E-state index contributed by atoms with van der Waals surface area (Å²) in [6.07, 6.45) is 10.2. The van der Waals surface area contributed by atoms with Crippen molar-refractivity contribution < 1.29 is 29.5 Å². The molecule has 3 N–H and O–H groups in total. The third kappa shape index (κ3) is 6.92. The zero-order chi connectivity index (χ0) is 19.8. The lowest BCUT2D eigenvalue weighted by atomic mass is 9.94. The van der Waals surface area contributed by atoms with Gasteiger partial charge in [0.2, 0.25) is 0 Å². The fourth-order valence-electron chi connectivity index (χ4n) is 4.74. The molecule has 0 bridgehead atoms. The summed E-state index contributed by atoms with van der Waals surface area (Å²) in [5.41, 5.74) is 0. The van der Waals surface area contributed by atoms with Crippen molar-refractivity contribution in [3.05, 3.63) is 0 Å². The van der Waals surface area contributed by atoms with E-state index in [2.05, 4.69) is 0 Å². The van der Waals surface area contributed by atoms with Crippen LogP contribution in [0.4, 0.5) is 0 Å². The monoisotopic (exact) mass is 400 g/mol. The summed E-state index contributed by atoms with van der Waals surface area (Å²) in [4.78, 5) is 0. The molecule has 3 fully saturated rings. The normalized spacial score (nSPS) is 38.2. The number of hydrogen-bond acceptors (Lipinski definition) is 6. The van der Waals surface area contributed by atoms with Gasteiger partial charge in [0.1, 0.15) is 0 Å². The average molecular weight is 401 g/mol. The molecule has 0 spiro atoms. The van der Waals surface area contributed by atoms with Gasteiger partial charge in [-0.2, -0.15) is 0 Å². The van der Waals surface area contributed by atoms with Gasteiger partial charge in [-0.05, 0) is 38.5 Å². The van der Waals surface area contributed by atoms with E-state index in [-0.39, 0.29) is 42.5 Å². The molecule has 0 saturated heterocycles.